The quantitative estimate of drug-likeness (QED) is 0.417. The van der Waals surface area contributed by atoms with Gasteiger partial charge >= 0.3 is 0 Å². The summed E-state index contributed by atoms with van der Waals surface area (Å²) in [5, 5.41) is 8.56. The molecule has 0 saturated carbocycles. The molecule has 6 heteroatoms. The number of imidazole rings is 1. The van der Waals surface area contributed by atoms with Crippen LogP contribution in [0.5, 0.6) is 0 Å². The van der Waals surface area contributed by atoms with Crippen LogP contribution >= 0.6 is 0 Å². The zero-order valence-corrected chi connectivity index (χ0v) is 15.3. The van der Waals surface area contributed by atoms with Crippen molar-refractivity contribution in [2.45, 2.75) is 40.2 Å². The van der Waals surface area contributed by atoms with Gasteiger partial charge < -0.3 is 9.47 Å². The molecule has 1 heterocycles. The van der Waals surface area contributed by atoms with Gasteiger partial charge in [0.25, 0.3) is 5.91 Å². The lowest BCUT2D eigenvalue weighted by Gasteiger charge is -2.19. The Balaban J connectivity index is 2.31. The van der Waals surface area contributed by atoms with Gasteiger partial charge in [-0.25, -0.2) is 10.5 Å². The second kappa shape index (κ2) is 9.34. The second-order valence-corrected chi connectivity index (χ2v) is 6.01. The van der Waals surface area contributed by atoms with Gasteiger partial charge in [0.15, 0.2) is 0 Å². The molecule has 0 aliphatic carbocycles. The molecule has 136 valence electrons. The van der Waals surface area contributed by atoms with Crippen molar-refractivity contribution in [2.75, 3.05) is 19.6 Å². The predicted molar refractivity (Wildman–Crippen MR) is 100 cm³/mol. The van der Waals surface area contributed by atoms with E-state index in [1.54, 1.807) is 11.6 Å². The Labute approximate surface area is 149 Å². The summed E-state index contributed by atoms with van der Waals surface area (Å²) in [6, 6.07) is 6.00. The van der Waals surface area contributed by atoms with Crippen LogP contribution in [-0.2, 0) is 17.8 Å². The van der Waals surface area contributed by atoms with Crippen LogP contribution in [0.3, 0.4) is 0 Å². The van der Waals surface area contributed by atoms with Gasteiger partial charge in [-0.3, -0.25) is 10.0 Å². The van der Waals surface area contributed by atoms with Gasteiger partial charge in [0.05, 0.1) is 11.0 Å². The van der Waals surface area contributed by atoms with Crippen molar-refractivity contribution in [3.63, 3.8) is 0 Å². The van der Waals surface area contributed by atoms with Crippen molar-refractivity contribution in [1.82, 2.24) is 19.9 Å². The fraction of sp³-hybridized carbons (Fsp3) is 0.474. The summed E-state index contributed by atoms with van der Waals surface area (Å²) in [4.78, 5) is 18.3. The van der Waals surface area contributed by atoms with Crippen LogP contribution in [0.25, 0.3) is 17.1 Å². The molecule has 6 nitrogen and oxygen atoms in total. The van der Waals surface area contributed by atoms with E-state index in [1.165, 1.54) is 6.08 Å². The number of amides is 1. The number of rotatable bonds is 9. The van der Waals surface area contributed by atoms with E-state index in [4.69, 9.17) is 10.2 Å². The second-order valence-electron chi connectivity index (χ2n) is 6.01. The summed E-state index contributed by atoms with van der Waals surface area (Å²) in [5.74, 6) is 0.565. The molecular formula is C19H28N4O2. The number of carbonyl (C=O) groups is 1. The Kier molecular flexibility index (Phi) is 7.16. The number of hydroxylamine groups is 1. The largest absolute Gasteiger partial charge is 0.327 e. The molecule has 0 radical (unpaired) electrons. The third-order valence-corrected chi connectivity index (χ3v) is 4.40. The molecule has 2 N–H and O–H groups in total. The van der Waals surface area contributed by atoms with Crippen molar-refractivity contribution in [1.29, 1.82) is 0 Å². The lowest BCUT2D eigenvalue weighted by Crippen LogP contribution is -2.27. The number of benzene rings is 1. The lowest BCUT2D eigenvalue weighted by molar-refractivity contribution is -0.124. The summed E-state index contributed by atoms with van der Waals surface area (Å²) >= 11 is 0. The predicted octanol–water partition coefficient (Wildman–Crippen LogP) is 2.85. The SMILES string of the molecule is CCCc1nc2cc(/C=C/C(=O)NO)ccc2n1CCN(CC)CC. The summed E-state index contributed by atoms with van der Waals surface area (Å²) in [5.41, 5.74) is 4.54. The van der Waals surface area contributed by atoms with E-state index in [0.717, 1.165) is 61.4 Å². The molecule has 0 bridgehead atoms. The van der Waals surface area contributed by atoms with Crippen LogP contribution in [0.4, 0.5) is 0 Å². The number of hydrogen-bond donors (Lipinski definition) is 2. The Morgan fingerprint density at radius 2 is 2.08 bits per heavy atom. The van der Waals surface area contributed by atoms with Crippen LogP contribution in [-0.4, -0.2) is 45.2 Å². The van der Waals surface area contributed by atoms with Crippen LogP contribution in [0, 0.1) is 0 Å². The Hall–Kier alpha value is -2.18. The van der Waals surface area contributed by atoms with Gasteiger partial charge in [-0.05, 0) is 43.3 Å². The van der Waals surface area contributed by atoms with Crippen LogP contribution in [0.2, 0.25) is 0 Å². The van der Waals surface area contributed by atoms with Gasteiger partial charge in [-0.2, -0.15) is 0 Å². The number of nitrogens with one attached hydrogen (secondary N) is 1. The maximum absolute atomic E-state index is 11.1. The molecule has 0 spiro atoms. The van der Waals surface area contributed by atoms with Crippen LogP contribution < -0.4 is 5.48 Å². The van der Waals surface area contributed by atoms with Crippen molar-refractivity contribution in [3.8, 4) is 0 Å². The molecular weight excluding hydrogens is 316 g/mol. The van der Waals surface area contributed by atoms with Gasteiger partial charge in [0.1, 0.15) is 5.82 Å². The van der Waals surface area contributed by atoms with E-state index in [0.29, 0.717) is 0 Å². The highest BCUT2D eigenvalue weighted by atomic mass is 16.5. The summed E-state index contributed by atoms with van der Waals surface area (Å²) in [7, 11) is 0. The van der Waals surface area contributed by atoms with E-state index < -0.39 is 5.91 Å². The summed E-state index contributed by atoms with van der Waals surface area (Å²) < 4.78 is 2.31. The first-order valence-electron chi connectivity index (χ1n) is 8.96. The molecule has 0 fully saturated rings. The van der Waals surface area contributed by atoms with Crippen LogP contribution in [0.1, 0.15) is 38.6 Å². The molecule has 1 aromatic heterocycles. The number of aryl methyl sites for hydroxylation is 1. The number of nitrogens with zero attached hydrogens (tertiary/aromatic N) is 3. The van der Waals surface area contributed by atoms with E-state index in [-0.39, 0.29) is 0 Å². The maximum atomic E-state index is 11.1. The molecule has 25 heavy (non-hydrogen) atoms. The Morgan fingerprint density at radius 1 is 1.32 bits per heavy atom. The standard InChI is InChI=1S/C19H28N4O2/c1-4-7-18-20-16-14-15(9-11-19(24)21-25)8-10-17(16)23(18)13-12-22(5-2)6-3/h8-11,14,25H,4-7,12-13H2,1-3H3,(H,21,24)/b11-9+. The van der Waals surface area contributed by atoms with Gasteiger partial charge in [0.2, 0.25) is 0 Å². The van der Waals surface area contributed by atoms with E-state index in [2.05, 4.69) is 36.3 Å². The molecule has 0 saturated heterocycles. The Morgan fingerprint density at radius 3 is 2.72 bits per heavy atom. The number of carbonyl (C=O) groups excluding carboxylic acids is 1. The minimum absolute atomic E-state index is 0.545. The van der Waals surface area contributed by atoms with Gasteiger partial charge in [-0.1, -0.05) is 26.8 Å². The van der Waals surface area contributed by atoms with E-state index in [9.17, 15) is 4.79 Å². The topological polar surface area (TPSA) is 70.4 Å². The molecule has 1 amide bonds. The molecule has 0 unspecified atom stereocenters. The summed E-state index contributed by atoms with van der Waals surface area (Å²) in [6.07, 6.45) is 4.97. The molecule has 2 aromatic rings. The first-order chi connectivity index (χ1) is 12.1. The lowest BCUT2D eigenvalue weighted by atomic mass is 10.2. The first kappa shape index (κ1) is 19.1. The highest BCUT2D eigenvalue weighted by Crippen LogP contribution is 2.20. The molecule has 0 atom stereocenters. The fourth-order valence-corrected chi connectivity index (χ4v) is 2.95. The fourth-order valence-electron chi connectivity index (χ4n) is 2.95. The highest BCUT2D eigenvalue weighted by molar-refractivity contribution is 5.91. The van der Waals surface area contributed by atoms with Gasteiger partial charge in [0, 0.05) is 25.6 Å². The number of hydrogen-bond acceptors (Lipinski definition) is 4. The van der Waals surface area contributed by atoms with E-state index in [1.807, 2.05) is 12.1 Å². The zero-order chi connectivity index (χ0) is 18.2. The number of fused-ring (bicyclic) bond motifs is 1. The van der Waals surface area contributed by atoms with Crippen molar-refractivity contribution < 1.29 is 10.0 Å². The molecule has 2 rings (SSSR count). The number of aromatic nitrogens is 2. The first-order valence-corrected chi connectivity index (χ1v) is 8.96. The van der Waals surface area contributed by atoms with Crippen molar-refractivity contribution >= 4 is 23.0 Å². The van der Waals surface area contributed by atoms with Crippen molar-refractivity contribution in [3.05, 3.63) is 35.7 Å². The Bertz CT molecular complexity index is 732. The zero-order valence-electron chi connectivity index (χ0n) is 15.3. The summed E-state index contributed by atoms with van der Waals surface area (Å²) in [6.45, 7) is 10.6. The monoisotopic (exact) mass is 344 g/mol. The molecule has 0 aliphatic rings. The highest BCUT2D eigenvalue weighted by Gasteiger charge is 2.11. The van der Waals surface area contributed by atoms with Crippen molar-refractivity contribution in [2.24, 2.45) is 0 Å². The van der Waals surface area contributed by atoms with Crippen LogP contribution in [0.15, 0.2) is 24.3 Å². The van der Waals surface area contributed by atoms with Gasteiger partial charge in [-0.15, -0.1) is 0 Å². The average Bonchev–Trinajstić information content (AvgIpc) is 2.97. The third kappa shape index (κ3) is 4.90. The molecule has 0 aliphatic heterocycles. The minimum Gasteiger partial charge on any atom is -0.327 e. The number of likely N-dealkylation sites (N-methyl/N-ethyl adjacent to an activating group) is 1. The van der Waals surface area contributed by atoms with E-state index >= 15 is 0 Å². The average molecular weight is 344 g/mol. The normalized spacial score (nSPS) is 11.7. The minimum atomic E-state index is -0.545. The maximum Gasteiger partial charge on any atom is 0.267 e. The smallest absolute Gasteiger partial charge is 0.267 e. The third-order valence-electron chi connectivity index (χ3n) is 4.40. The molecule has 1 aromatic carbocycles.